The molecule has 0 aliphatic heterocycles. The van der Waals surface area contributed by atoms with E-state index in [-0.39, 0.29) is 5.56 Å². The monoisotopic (exact) mass is 281 g/mol. The molecule has 0 spiro atoms. The van der Waals surface area contributed by atoms with Gasteiger partial charge in [0.2, 0.25) is 0 Å². The van der Waals surface area contributed by atoms with Gasteiger partial charge in [-0.2, -0.15) is 0 Å². The first-order valence-electron chi connectivity index (χ1n) is 6.77. The highest BCUT2D eigenvalue weighted by Gasteiger charge is 2.07. The van der Waals surface area contributed by atoms with E-state index in [1.165, 1.54) is 10.1 Å². The number of fused-ring (bicyclic) bond motifs is 1. The molecular weight excluding hydrogens is 266 g/mol. The molecule has 3 rings (SSSR count). The molecule has 5 heteroatoms. The Bertz CT molecular complexity index is 895. The normalized spacial score (nSPS) is 10.9. The third kappa shape index (κ3) is 2.63. The first kappa shape index (κ1) is 13.3. The first-order chi connectivity index (χ1) is 10.1. The number of aromatic nitrogens is 3. The van der Waals surface area contributed by atoms with Gasteiger partial charge in [0.1, 0.15) is 5.65 Å². The summed E-state index contributed by atoms with van der Waals surface area (Å²) in [4.78, 5) is 29.9. The maximum atomic E-state index is 11.9. The van der Waals surface area contributed by atoms with Gasteiger partial charge in [0, 0.05) is 13.2 Å². The van der Waals surface area contributed by atoms with Crippen molar-refractivity contribution < 1.29 is 0 Å². The minimum absolute atomic E-state index is 0.387. The van der Waals surface area contributed by atoms with Crippen molar-refractivity contribution in [2.24, 2.45) is 7.05 Å². The standard InChI is InChI=1S/C16H15N3O2/c1-19-14-13(15(20)18-16(19)21)9-12(10-17-14)8-7-11-5-3-2-4-6-11/h2-6,9-10H,7-8H2,1H3,(H,18,20,21). The molecule has 0 amide bonds. The lowest BCUT2D eigenvalue weighted by atomic mass is 10.1. The fourth-order valence-corrected chi connectivity index (χ4v) is 2.35. The number of aromatic amines is 1. The van der Waals surface area contributed by atoms with Crippen molar-refractivity contribution in [2.45, 2.75) is 12.8 Å². The Morgan fingerprint density at radius 2 is 1.81 bits per heavy atom. The summed E-state index contributed by atoms with van der Waals surface area (Å²) in [6, 6.07) is 12.0. The van der Waals surface area contributed by atoms with Gasteiger partial charge < -0.3 is 0 Å². The molecule has 2 aromatic heterocycles. The first-order valence-corrected chi connectivity index (χ1v) is 6.77. The predicted octanol–water partition coefficient (Wildman–Crippen LogP) is 1.41. The minimum atomic E-state index is -0.447. The Morgan fingerprint density at radius 1 is 1.10 bits per heavy atom. The van der Waals surface area contributed by atoms with E-state index in [2.05, 4.69) is 22.1 Å². The van der Waals surface area contributed by atoms with E-state index in [1.807, 2.05) is 24.3 Å². The highest BCUT2D eigenvalue weighted by molar-refractivity contribution is 5.74. The largest absolute Gasteiger partial charge is 0.329 e. The van der Waals surface area contributed by atoms with Crippen molar-refractivity contribution in [1.82, 2.24) is 14.5 Å². The van der Waals surface area contributed by atoms with Gasteiger partial charge in [-0.25, -0.2) is 9.78 Å². The fraction of sp³-hybridized carbons (Fsp3) is 0.188. The number of nitrogens with one attached hydrogen (secondary N) is 1. The lowest BCUT2D eigenvalue weighted by Gasteiger charge is -2.05. The summed E-state index contributed by atoms with van der Waals surface area (Å²) in [6.07, 6.45) is 3.41. The van der Waals surface area contributed by atoms with Crippen LogP contribution in [0.5, 0.6) is 0 Å². The second kappa shape index (κ2) is 5.36. The molecule has 5 nitrogen and oxygen atoms in total. The van der Waals surface area contributed by atoms with Crippen LogP contribution in [-0.4, -0.2) is 14.5 Å². The van der Waals surface area contributed by atoms with Crippen LogP contribution in [0.15, 0.2) is 52.2 Å². The molecule has 21 heavy (non-hydrogen) atoms. The molecule has 3 aromatic rings. The molecule has 106 valence electrons. The summed E-state index contributed by atoms with van der Waals surface area (Å²) < 4.78 is 1.34. The van der Waals surface area contributed by atoms with E-state index < -0.39 is 5.69 Å². The third-order valence-corrected chi connectivity index (χ3v) is 3.56. The van der Waals surface area contributed by atoms with Crippen molar-refractivity contribution >= 4 is 11.0 Å². The van der Waals surface area contributed by atoms with Gasteiger partial charge in [0.15, 0.2) is 0 Å². The number of nitrogens with zero attached hydrogens (tertiary/aromatic N) is 2. The number of pyridine rings is 1. The number of rotatable bonds is 3. The lowest BCUT2D eigenvalue weighted by Crippen LogP contribution is -2.29. The van der Waals surface area contributed by atoms with E-state index in [1.54, 1.807) is 13.2 Å². The summed E-state index contributed by atoms with van der Waals surface area (Å²) in [6.45, 7) is 0. The molecule has 2 heterocycles. The van der Waals surface area contributed by atoms with Gasteiger partial charge in [-0.05, 0) is 30.0 Å². The highest BCUT2D eigenvalue weighted by atomic mass is 16.2. The average molecular weight is 281 g/mol. The molecule has 0 bridgehead atoms. The van der Waals surface area contributed by atoms with E-state index in [0.717, 1.165) is 18.4 Å². The lowest BCUT2D eigenvalue weighted by molar-refractivity contribution is 0.826. The van der Waals surface area contributed by atoms with E-state index in [4.69, 9.17) is 0 Å². The second-order valence-corrected chi connectivity index (χ2v) is 5.02. The molecule has 0 atom stereocenters. The summed E-state index contributed by atoms with van der Waals surface area (Å²) in [5.41, 5.74) is 1.80. The maximum absolute atomic E-state index is 11.9. The van der Waals surface area contributed by atoms with Crippen molar-refractivity contribution in [3.8, 4) is 0 Å². The quantitative estimate of drug-likeness (QED) is 0.789. The number of H-pyrrole nitrogens is 1. The second-order valence-electron chi connectivity index (χ2n) is 5.02. The SMILES string of the molecule is Cn1c(=O)[nH]c(=O)c2cc(CCc3ccccc3)cnc21. The van der Waals surface area contributed by atoms with Crippen molar-refractivity contribution in [1.29, 1.82) is 0 Å². The maximum Gasteiger partial charge on any atom is 0.329 e. The Balaban J connectivity index is 1.95. The summed E-state index contributed by atoms with van der Waals surface area (Å²) >= 11 is 0. The van der Waals surface area contributed by atoms with Gasteiger partial charge in [-0.1, -0.05) is 30.3 Å². The van der Waals surface area contributed by atoms with Crippen LogP contribution in [0.2, 0.25) is 0 Å². The van der Waals surface area contributed by atoms with Gasteiger partial charge in [-0.3, -0.25) is 14.3 Å². The van der Waals surface area contributed by atoms with Crippen LogP contribution in [0.3, 0.4) is 0 Å². The van der Waals surface area contributed by atoms with Crippen LogP contribution >= 0.6 is 0 Å². The van der Waals surface area contributed by atoms with Crippen LogP contribution in [0, 0.1) is 0 Å². The molecule has 0 saturated carbocycles. The minimum Gasteiger partial charge on any atom is -0.281 e. The van der Waals surface area contributed by atoms with Crippen molar-refractivity contribution in [3.63, 3.8) is 0 Å². The molecule has 0 saturated heterocycles. The van der Waals surface area contributed by atoms with E-state index >= 15 is 0 Å². The smallest absolute Gasteiger partial charge is 0.281 e. The molecule has 1 aromatic carbocycles. The number of benzene rings is 1. The van der Waals surface area contributed by atoms with Crippen LogP contribution < -0.4 is 11.2 Å². The van der Waals surface area contributed by atoms with Gasteiger partial charge in [0.05, 0.1) is 5.39 Å². The summed E-state index contributed by atoms with van der Waals surface area (Å²) in [5.74, 6) is 0. The van der Waals surface area contributed by atoms with Crippen molar-refractivity contribution in [2.75, 3.05) is 0 Å². The van der Waals surface area contributed by atoms with E-state index in [0.29, 0.717) is 11.0 Å². The van der Waals surface area contributed by atoms with Crippen molar-refractivity contribution in [3.05, 3.63) is 74.6 Å². The molecule has 0 aliphatic rings. The molecule has 0 aliphatic carbocycles. The summed E-state index contributed by atoms with van der Waals surface area (Å²) in [5, 5.41) is 0.447. The Kier molecular flexibility index (Phi) is 3.39. The van der Waals surface area contributed by atoms with Crippen LogP contribution in [0.1, 0.15) is 11.1 Å². The van der Waals surface area contributed by atoms with Gasteiger partial charge in [0.25, 0.3) is 5.56 Å². The molecule has 0 unspecified atom stereocenters. The molecule has 1 N–H and O–H groups in total. The third-order valence-electron chi connectivity index (χ3n) is 3.56. The number of aryl methyl sites for hydroxylation is 3. The zero-order valence-corrected chi connectivity index (χ0v) is 11.7. The summed E-state index contributed by atoms with van der Waals surface area (Å²) in [7, 11) is 1.59. The highest BCUT2D eigenvalue weighted by Crippen LogP contribution is 2.10. The van der Waals surface area contributed by atoms with Crippen LogP contribution in [0.4, 0.5) is 0 Å². The zero-order chi connectivity index (χ0) is 14.8. The number of hydrogen-bond donors (Lipinski definition) is 1. The van der Waals surface area contributed by atoms with Crippen LogP contribution in [0.25, 0.3) is 11.0 Å². The Labute approximate surface area is 120 Å². The fourth-order valence-electron chi connectivity index (χ4n) is 2.35. The van der Waals surface area contributed by atoms with E-state index in [9.17, 15) is 9.59 Å². The zero-order valence-electron chi connectivity index (χ0n) is 11.7. The van der Waals surface area contributed by atoms with Gasteiger partial charge in [-0.15, -0.1) is 0 Å². The average Bonchev–Trinajstić information content (AvgIpc) is 2.51. The molecule has 0 radical (unpaired) electrons. The molecule has 0 fully saturated rings. The predicted molar refractivity (Wildman–Crippen MR) is 81.5 cm³/mol. The van der Waals surface area contributed by atoms with Crippen LogP contribution in [-0.2, 0) is 19.9 Å². The topological polar surface area (TPSA) is 67.8 Å². The Morgan fingerprint density at radius 3 is 2.57 bits per heavy atom. The number of hydrogen-bond acceptors (Lipinski definition) is 3. The molecular formula is C16H15N3O2. The van der Waals surface area contributed by atoms with Gasteiger partial charge >= 0.3 is 5.69 Å². The Hall–Kier alpha value is -2.69.